The summed E-state index contributed by atoms with van der Waals surface area (Å²) in [5.74, 6) is -0.283. The van der Waals surface area contributed by atoms with Crippen molar-refractivity contribution in [3.63, 3.8) is 0 Å². The molecule has 0 atom stereocenters. The zero-order valence-electron chi connectivity index (χ0n) is 11.4. The number of hydrogen-bond acceptors (Lipinski definition) is 3. The van der Waals surface area contributed by atoms with E-state index in [1.54, 1.807) is 25.3 Å². The Morgan fingerprint density at radius 2 is 2.06 bits per heavy atom. The number of carboxylic acids is 1. The number of methoxy groups -OCH3 is 1. The zero-order valence-corrected chi connectivity index (χ0v) is 11.4. The van der Waals surface area contributed by atoms with Crippen LogP contribution < -0.4 is 10.1 Å². The number of ether oxygens (including phenoxy) is 1. The van der Waals surface area contributed by atoms with Gasteiger partial charge in [0.05, 0.1) is 18.4 Å². The summed E-state index contributed by atoms with van der Waals surface area (Å²) in [7, 11) is 1.56. The Hall–Kier alpha value is -1.71. The second-order valence-corrected chi connectivity index (χ2v) is 5.45. The zero-order chi connectivity index (χ0) is 13.8. The summed E-state index contributed by atoms with van der Waals surface area (Å²) in [5, 5.41) is 12.3. The minimum Gasteiger partial charge on any atom is -0.497 e. The van der Waals surface area contributed by atoms with Crippen molar-refractivity contribution >= 4 is 11.7 Å². The summed E-state index contributed by atoms with van der Waals surface area (Å²) in [6.45, 7) is 7.19. The van der Waals surface area contributed by atoms with Crippen molar-refractivity contribution in [2.75, 3.05) is 19.0 Å². The van der Waals surface area contributed by atoms with Crippen molar-refractivity contribution in [3.8, 4) is 5.75 Å². The van der Waals surface area contributed by atoms with Crippen molar-refractivity contribution in [2.45, 2.75) is 27.2 Å². The summed E-state index contributed by atoms with van der Waals surface area (Å²) in [6.07, 6.45) is 0.962. The van der Waals surface area contributed by atoms with E-state index in [1.165, 1.54) is 0 Å². The predicted octanol–water partition coefficient (Wildman–Crippen LogP) is 3.24. The predicted molar refractivity (Wildman–Crippen MR) is 72.5 cm³/mol. The third-order valence-electron chi connectivity index (χ3n) is 2.65. The van der Waals surface area contributed by atoms with Crippen LogP contribution in [0.15, 0.2) is 18.2 Å². The van der Waals surface area contributed by atoms with E-state index >= 15 is 0 Å². The lowest BCUT2D eigenvalue weighted by Crippen LogP contribution is -2.14. The fraction of sp³-hybridized carbons (Fsp3) is 0.500. The number of anilines is 1. The topological polar surface area (TPSA) is 58.6 Å². The summed E-state index contributed by atoms with van der Waals surface area (Å²) in [5.41, 5.74) is 1.09. The molecule has 4 heteroatoms. The van der Waals surface area contributed by atoms with E-state index in [-0.39, 0.29) is 11.0 Å². The number of aromatic carboxylic acids is 1. The minimum atomic E-state index is -0.934. The second-order valence-electron chi connectivity index (χ2n) is 5.45. The maximum Gasteiger partial charge on any atom is 0.337 e. The monoisotopic (exact) mass is 251 g/mol. The van der Waals surface area contributed by atoms with Crippen LogP contribution in [-0.4, -0.2) is 24.7 Å². The molecule has 0 fully saturated rings. The Bertz CT molecular complexity index is 422. The summed E-state index contributed by atoms with van der Waals surface area (Å²) in [4.78, 5) is 11.1. The van der Waals surface area contributed by atoms with Gasteiger partial charge in [-0.1, -0.05) is 20.8 Å². The Kier molecular flexibility index (Phi) is 4.59. The molecule has 0 radical (unpaired) electrons. The van der Waals surface area contributed by atoms with E-state index in [0.717, 1.165) is 13.0 Å². The van der Waals surface area contributed by atoms with Crippen LogP contribution in [0.3, 0.4) is 0 Å². The van der Waals surface area contributed by atoms with Gasteiger partial charge in [-0.05, 0) is 24.0 Å². The molecule has 0 aliphatic heterocycles. The van der Waals surface area contributed by atoms with Crippen LogP contribution in [0.2, 0.25) is 0 Å². The highest BCUT2D eigenvalue weighted by atomic mass is 16.5. The van der Waals surface area contributed by atoms with Crippen molar-refractivity contribution in [2.24, 2.45) is 5.41 Å². The molecule has 0 aliphatic carbocycles. The smallest absolute Gasteiger partial charge is 0.337 e. The van der Waals surface area contributed by atoms with Crippen molar-refractivity contribution in [1.29, 1.82) is 0 Å². The maximum atomic E-state index is 11.1. The molecule has 0 amide bonds. The molecule has 0 saturated carbocycles. The number of nitrogens with one attached hydrogen (secondary N) is 1. The Labute approximate surface area is 108 Å². The Morgan fingerprint density at radius 3 is 2.56 bits per heavy atom. The highest BCUT2D eigenvalue weighted by Crippen LogP contribution is 2.24. The van der Waals surface area contributed by atoms with Gasteiger partial charge in [0.1, 0.15) is 5.75 Å². The first kappa shape index (κ1) is 14.4. The second kappa shape index (κ2) is 5.76. The maximum absolute atomic E-state index is 11.1. The summed E-state index contributed by atoms with van der Waals surface area (Å²) in [6, 6.07) is 4.92. The van der Waals surface area contributed by atoms with Gasteiger partial charge in [-0.2, -0.15) is 0 Å². The van der Waals surface area contributed by atoms with Gasteiger partial charge in [0.2, 0.25) is 0 Å². The van der Waals surface area contributed by atoms with Crippen LogP contribution in [0, 0.1) is 5.41 Å². The molecule has 1 aromatic carbocycles. The van der Waals surface area contributed by atoms with Gasteiger partial charge in [0.15, 0.2) is 0 Å². The normalized spacial score (nSPS) is 11.1. The number of benzene rings is 1. The van der Waals surface area contributed by atoms with Crippen LogP contribution in [-0.2, 0) is 0 Å². The molecule has 0 aromatic heterocycles. The van der Waals surface area contributed by atoms with Crippen molar-refractivity contribution in [1.82, 2.24) is 0 Å². The number of carbonyl (C=O) groups is 1. The Balaban J connectivity index is 2.81. The van der Waals surface area contributed by atoms with Gasteiger partial charge in [-0.25, -0.2) is 4.79 Å². The molecule has 2 N–H and O–H groups in total. The minimum absolute atomic E-state index is 0.218. The number of carboxylic acid groups (broad SMARTS) is 1. The van der Waals surface area contributed by atoms with E-state index < -0.39 is 5.97 Å². The van der Waals surface area contributed by atoms with E-state index in [1.807, 2.05) is 0 Å². The molecule has 0 saturated heterocycles. The molecule has 1 rings (SSSR count). The average Bonchev–Trinajstić information content (AvgIpc) is 2.26. The molecule has 0 aliphatic rings. The van der Waals surface area contributed by atoms with Gasteiger partial charge >= 0.3 is 5.97 Å². The van der Waals surface area contributed by atoms with Crippen molar-refractivity contribution < 1.29 is 14.6 Å². The molecular formula is C14H21NO3. The number of hydrogen-bond donors (Lipinski definition) is 2. The first-order valence-electron chi connectivity index (χ1n) is 5.99. The molecular weight excluding hydrogens is 230 g/mol. The van der Waals surface area contributed by atoms with Crippen LogP contribution in [0.5, 0.6) is 5.75 Å². The summed E-state index contributed by atoms with van der Waals surface area (Å²) < 4.78 is 5.10. The molecule has 100 valence electrons. The van der Waals surface area contributed by atoms with E-state index in [0.29, 0.717) is 11.4 Å². The van der Waals surface area contributed by atoms with Crippen LogP contribution >= 0.6 is 0 Å². The lowest BCUT2D eigenvalue weighted by molar-refractivity contribution is 0.0698. The molecule has 18 heavy (non-hydrogen) atoms. The van der Waals surface area contributed by atoms with E-state index in [4.69, 9.17) is 9.84 Å². The van der Waals surface area contributed by atoms with E-state index in [2.05, 4.69) is 26.1 Å². The molecule has 0 unspecified atom stereocenters. The molecule has 0 heterocycles. The van der Waals surface area contributed by atoms with E-state index in [9.17, 15) is 4.79 Å². The molecule has 4 nitrogen and oxygen atoms in total. The fourth-order valence-electron chi connectivity index (χ4n) is 1.56. The van der Waals surface area contributed by atoms with Crippen LogP contribution in [0.1, 0.15) is 37.6 Å². The standard InChI is InChI=1S/C14H21NO3/c1-14(2,3)7-8-15-12-9-10(18-4)5-6-11(12)13(16)17/h5-6,9,15H,7-8H2,1-4H3,(H,16,17). The van der Waals surface area contributed by atoms with Gasteiger partial charge in [0.25, 0.3) is 0 Å². The van der Waals surface area contributed by atoms with Crippen LogP contribution in [0.25, 0.3) is 0 Å². The third kappa shape index (κ3) is 4.28. The molecule has 0 spiro atoms. The number of rotatable bonds is 5. The fourth-order valence-corrected chi connectivity index (χ4v) is 1.56. The van der Waals surface area contributed by atoms with Gasteiger partial charge in [-0.15, -0.1) is 0 Å². The lowest BCUT2D eigenvalue weighted by Gasteiger charge is -2.19. The highest BCUT2D eigenvalue weighted by molar-refractivity contribution is 5.94. The van der Waals surface area contributed by atoms with Gasteiger partial charge < -0.3 is 15.2 Å². The summed E-state index contributed by atoms with van der Waals surface area (Å²) >= 11 is 0. The van der Waals surface area contributed by atoms with Gasteiger partial charge in [-0.3, -0.25) is 0 Å². The SMILES string of the molecule is COc1ccc(C(=O)O)c(NCCC(C)(C)C)c1. The lowest BCUT2D eigenvalue weighted by atomic mass is 9.92. The Morgan fingerprint density at radius 1 is 1.39 bits per heavy atom. The highest BCUT2D eigenvalue weighted by Gasteiger charge is 2.13. The largest absolute Gasteiger partial charge is 0.497 e. The van der Waals surface area contributed by atoms with Gasteiger partial charge in [0, 0.05) is 12.6 Å². The average molecular weight is 251 g/mol. The first-order chi connectivity index (χ1) is 8.33. The molecule has 0 bridgehead atoms. The van der Waals surface area contributed by atoms with Crippen molar-refractivity contribution in [3.05, 3.63) is 23.8 Å². The quantitative estimate of drug-likeness (QED) is 0.843. The molecule has 1 aromatic rings. The van der Waals surface area contributed by atoms with Crippen LogP contribution in [0.4, 0.5) is 5.69 Å². The third-order valence-corrected chi connectivity index (χ3v) is 2.65. The first-order valence-corrected chi connectivity index (χ1v) is 5.99.